The van der Waals surface area contributed by atoms with Crippen molar-refractivity contribution in [3.05, 3.63) is 0 Å². The van der Waals surface area contributed by atoms with Crippen molar-refractivity contribution in [1.82, 2.24) is 0 Å². The third-order valence-electron chi connectivity index (χ3n) is 2.34. The predicted octanol–water partition coefficient (Wildman–Crippen LogP) is -1.40. The molecule has 1 saturated heterocycles. The molecule has 0 unspecified atom stereocenters. The van der Waals surface area contributed by atoms with Gasteiger partial charge < -0.3 is 24.8 Å². The molecule has 1 aliphatic heterocycles. The van der Waals surface area contributed by atoms with Crippen LogP contribution in [0, 0.1) is 0 Å². The molecule has 14 heavy (non-hydrogen) atoms. The second-order valence-corrected chi connectivity index (χ2v) is 3.28. The van der Waals surface area contributed by atoms with Gasteiger partial charge in [-0.2, -0.15) is 0 Å². The Bertz CT molecular complexity index is 218. The lowest BCUT2D eigenvalue weighted by Crippen LogP contribution is -2.59. The Hall–Kier alpha value is -0.690. The number of carboxylic acids is 1. The van der Waals surface area contributed by atoms with Gasteiger partial charge in [-0.15, -0.1) is 0 Å². The van der Waals surface area contributed by atoms with Crippen LogP contribution in [0.1, 0.15) is 6.92 Å². The molecule has 1 aliphatic rings. The van der Waals surface area contributed by atoms with E-state index in [0.717, 1.165) is 0 Å². The molecular formula is C8H14O6. The van der Waals surface area contributed by atoms with E-state index in [0.29, 0.717) is 0 Å². The van der Waals surface area contributed by atoms with E-state index in [1.165, 1.54) is 14.0 Å². The number of rotatable bonds is 2. The lowest BCUT2D eigenvalue weighted by molar-refractivity contribution is -0.229. The molecule has 5 atom stereocenters. The molecule has 6 nitrogen and oxygen atoms in total. The van der Waals surface area contributed by atoms with Crippen LogP contribution in [0.15, 0.2) is 0 Å². The van der Waals surface area contributed by atoms with Crippen molar-refractivity contribution in [2.45, 2.75) is 37.4 Å². The largest absolute Gasteiger partial charge is 0.479 e. The van der Waals surface area contributed by atoms with Gasteiger partial charge in [-0.05, 0) is 6.92 Å². The van der Waals surface area contributed by atoms with Crippen molar-refractivity contribution in [2.75, 3.05) is 7.11 Å². The van der Waals surface area contributed by atoms with E-state index in [2.05, 4.69) is 0 Å². The number of hydrogen-bond acceptors (Lipinski definition) is 5. The number of hydrogen-bond donors (Lipinski definition) is 3. The fraction of sp³-hybridized carbons (Fsp3) is 0.875. The first-order valence-corrected chi connectivity index (χ1v) is 4.26. The Kier molecular flexibility index (Phi) is 3.43. The van der Waals surface area contributed by atoms with Gasteiger partial charge in [-0.3, -0.25) is 0 Å². The van der Waals surface area contributed by atoms with Crippen LogP contribution >= 0.6 is 0 Å². The second-order valence-electron chi connectivity index (χ2n) is 3.28. The molecule has 3 N–H and O–H groups in total. The topological polar surface area (TPSA) is 96.2 Å². The first-order valence-electron chi connectivity index (χ1n) is 4.26. The van der Waals surface area contributed by atoms with E-state index in [4.69, 9.17) is 14.6 Å². The number of aliphatic carboxylic acids is 1. The normalized spacial score (nSPS) is 43.6. The van der Waals surface area contributed by atoms with Crippen molar-refractivity contribution in [3.63, 3.8) is 0 Å². The number of carboxylic acid groups (broad SMARTS) is 1. The molecule has 0 aromatic carbocycles. The molecular weight excluding hydrogens is 192 g/mol. The van der Waals surface area contributed by atoms with Gasteiger partial charge in [0.1, 0.15) is 18.3 Å². The maximum atomic E-state index is 10.7. The van der Waals surface area contributed by atoms with E-state index >= 15 is 0 Å². The number of aliphatic hydroxyl groups is 2. The highest BCUT2D eigenvalue weighted by atomic mass is 16.6. The smallest absolute Gasteiger partial charge is 0.335 e. The SMILES string of the molecule is CO[C@H]1[C@H](O)[C@H](O)[C@H](C)O[C@H]1C(=O)O. The van der Waals surface area contributed by atoms with Gasteiger partial charge in [0.25, 0.3) is 0 Å². The van der Waals surface area contributed by atoms with E-state index in [-0.39, 0.29) is 0 Å². The molecule has 0 saturated carbocycles. The van der Waals surface area contributed by atoms with Crippen molar-refractivity contribution in [2.24, 2.45) is 0 Å². The van der Waals surface area contributed by atoms with Gasteiger partial charge in [0, 0.05) is 7.11 Å². The molecule has 0 aromatic heterocycles. The van der Waals surface area contributed by atoms with Crippen LogP contribution in [-0.2, 0) is 14.3 Å². The summed E-state index contributed by atoms with van der Waals surface area (Å²) in [4.78, 5) is 10.7. The highest BCUT2D eigenvalue weighted by Crippen LogP contribution is 2.22. The number of aliphatic hydroxyl groups excluding tert-OH is 2. The van der Waals surface area contributed by atoms with E-state index in [1.807, 2.05) is 0 Å². The molecule has 82 valence electrons. The minimum absolute atomic E-state index is 0.725. The minimum atomic E-state index is -1.25. The molecule has 6 heteroatoms. The molecule has 1 fully saturated rings. The van der Waals surface area contributed by atoms with Gasteiger partial charge in [-0.1, -0.05) is 0 Å². The summed E-state index contributed by atoms with van der Waals surface area (Å²) in [6, 6.07) is 0. The van der Waals surface area contributed by atoms with Gasteiger partial charge in [-0.25, -0.2) is 4.79 Å². The second kappa shape index (κ2) is 4.22. The molecule has 0 aromatic rings. The summed E-state index contributed by atoms with van der Waals surface area (Å²) in [7, 11) is 1.26. The fourth-order valence-corrected chi connectivity index (χ4v) is 1.50. The zero-order valence-electron chi connectivity index (χ0n) is 7.95. The highest BCUT2D eigenvalue weighted by Gasteiger charge is 2.46. The van der Waals surface area contributed by atoms with Crippen LogP contribution in [0.25, 0.3) is 0 Å². The predicted molar refractivity (Wildman–Crippen MR) is 44.8 cm³/mol. The summed E-state index contributed by atoms with van der Waals surface area (Å²) < 4.78 is 9.78. The maximum Gasteiger partial charge on any atom is 0.335 e. The number of methoxy groups -OCH3 is 1. The van der Waals surface area contributed by atoms with E-state index in [1.54, 1.807) is 0 Å². The maximum absolute atomic E-state index is 10.7. The summed E-state index contributed by atoms with van der Waals surface area (Å²) in [5.41, 5.74) is 0. The average molecular weight is 206 g/mol. The Morgan fingerprint density at radius 1 is 1.36 bits per heavy atom. The van der Waals surface area contributed by atoms with Crippen molar-refractivity contribution in [1.29, 1.82) is 0 Å². The monoisotopic (exact) mass is 206 g/mol. The van der Waals surface area contributed by atoms with Crippen LogP contribution in [0.2, 0.25) is 0 Å². The molecule has 0 radical (unpaired) electrons. The lowest BCUT2D eigenvalue weighted by Gasteiger charge is -2.39. The van der Waals surface area contributed by atoms with Crippen molar-refractivity contribution >= 4 is 5.97 Å². The van der Waals surface area contributed by atoms with Crippen molar-refractivity contribution < 1.29 is 29.6 Å². The zero-order chi connectivity index (χ0) is 10.9. The van der Waals surface area contributed by atoms with Crippen LogP contribution in [0.5, 0.6) is 0 Å². The highest BCUT2D eigenvalue weighted by molar-refractivity contribution is 5.73. The zero-order valence-corrected chi connectivity index (χ0v) is 7.95. The Morgan fingerprint density at radius 2 is 1.93 bits per heavy atom. The Morgan fingerprint density at radius 3 is 2.36 bits per heavy atom. The van der Waals surface area contributed by atoms with Crippen LogP contribution < -0.4 is 0 Å². The van der Waals surface area contributed by atoms with Crippen molar-refractivity contribution in [3.8, 4) is 0 Å². The molecule has 1 rings (SSSR count). The van der Waals surface area contributed by atoms with Gasteiger partial charge in [0.05, 0.1) is 6.10 Å². The first-order chi connectivity index (χ1) is 6.49. The van der Waals surface area contributed by atoms with Gasteiger partial charge in [0.2, 0.25) is 0 Å². The molecule has 1 heterocycles. The molecule has 0 spiro atoms. The van der Waals surface area contributed by atoms with Gasteiger partial charge in [0.15, 0.2) is 6.10 Å². The van der Waals surface area contributed by atoms with Crippen LogP contribution in [-0.4, -0.2) is 58.9 Å². The third-order valence-corrected chi connectivity index (χ3v) is 2.34. The van der Waals surface area contributed by atoms with E-state index < -0.39 is 36.5 Å². The minimum Gasteiger partial charge on any atom is -0.479 e. The van der Waals surface area contributed by atoms with Crippen LogP contribution in [0.4, 0.5) is 0 Å². The molecule has 0 aliphatic carbocycles. The Labute approximate surface area is 81.1 Å². The summed E-state index contributed by atoms with van der Waals surface area (Å²) in [6.45, 7) is 1.50. The lowest BCUT2D eigenvalue weighted by atomic mass is 9.95. The summed E-state index contributed by atoms with van der Waals surface area (Å²) >= 11 is 0. The standard InChI is InChI=1S/C8H14O6/c1-3-4(9)5(10)6(13-2)7(14-3)8(11)12/h3-7,9-10H,1-2H3,(H,11,12)/t3-,4+,5+,6-,7+/m0/s1. The summed E-state index contributed by atoms with van der Waals surface area (Å²) in [6.07, 6.45) is -5.38. The summed E-state index contributed by atoms with van der Waals surface area (Å²) in [5.74, 6) is -1.21. The fourth-order valence-electron chi connectivity index (χ4n) is 1.50. The molecule has 0 amide bonds. The quantitative estimate of drug-likeness (QED) is 0.514. The summed E-state index contributed by atoms with van der Waals surface area (Å²) in [5, 5.41) is 27.7. The third kappa shape index (κ3) is 1.88. The van der Waals surface area contributed by atoms with Gasteiger partial charge >= 0.3 is 5.97 Å². The number of ether oxygens (including phenoxy) is 2. The number of carbonyl (C=O) groups is 1. The van der Waals surface area contributed by atoms with Crippen LogP contribution in [0.3, 0.4) is 0 Å². The Balaban J connectivity index is 2.82. The average Bonchev–Trinajstić information content (AvgIpc) is 2.13. The van der Waals surface area contributed by atoms with E-state index in [9.17, 15) is 15.0 Å². The first kappa shape index (κ1) is 11.4. The molecule has 0 bridgehead atoms.